The van der Waals surface area contributed by atoms with Gasteiger partial charge in [0.15, 0.2) is 0 Å². The van der Waals surface area contributed by atoms with Gasteiger partial charge in [0.05, 0.1) is 15.8 Å². The second kappa shape index (κ2) is 3.74. The summed E-state index contributed by atoms with van der Waals surface area (Å²) in [4.78, 5) is 18.1. The smallest absolute Gasteiger partial charge is 0.293 e. The van der Waals surface area contributed by atoms with Crippen LogP contribution in [0, 0.1) is 10.1 Å². The number of nitrogens with one attached hydrogen (secondary N) is 1. The Labute approximate surface area is 95.8 Å². The molecule has 2 aromatic rings. The van der Waals surface area contributed by atoms with Crippen molar-refractivity contribution in [3.8, 4) is 0 Å². The van der Waals surface area contributed by atoms with Gasteiger partial charge in [-0.3, -0.25) is 10.1 Å². The molecule has 17 heavy (non-hydrogen) atoms. The van der Waals surface area contributed by atoms with Crippen LogP contribution >= 0.6 is 0 Å². The predicted molar refractivity (Wildman–Crippen MR) is 64.6 cm³/mol. The molecule has 0 fully saturated rings. The minimum absolute atomic E-state index is 0.0332. The zero-order valence-corrected chi connectivity index (χ0v) is 8.97. The van der Waals surface area contributed by atoms with Crippen LogP contribution in [0.3, 0.4) is 0 Å². The van der Waals surface area contributed by atoms with Gasteiger partial charge < -0.3 is 16.8 Å². The van der Waals surface area contributed by atoms with Crippen molar-refractivity contribution >= 4 is 34.0 Å². The van der Waals surface area contributed by atoms with Crippen LogP contribution in [-0.4, -0.2) is 21.9 Å². The summed E-state index contributed by atoms with van der Waals surface area (Å²) in [6.07, 6.45) is 0. The molecule has 0 aliphatic heterocycles. The van der Waals surface area contributed by atoms with Crippen LogP contribution in [0.4, 0.5) is 23.1 Å². The van der Waals surface area contributed by atoms with Crippen LogP contribution in [-0.2, 0) is 0 Å². The number of benzene rings is 1. The highest BCUT2D eigenvalue weighted by Crippen LogP contribution is 2.34. The molecule has 0 saturated heterocycles. The number of rotatable bonds is 2. The molecule has 5 N–H and O–H groups in total. The lowest BCUT2D eigenvalue weighted by Crippen LogP contribution is -2.04. The van der Waals surface area contributed by atoms with Crippen LogP contribution in [0.15, 0.2) is 12.1 Å². The van der Waals surface area contributed by atoms with E-state index in [2.05, 4.69) is 15.3 Å². The minimum Gasteiger partial charge on any atom is -0.383 e. The topological polar surface area (TPSA) is 133 Å². The van der Waals surface area contributed by atoms with Gasteiger partial charge in [-0.2, -0.15) is 4.98 Å². The van der Waals surface area contributed by atoms with Gasteiger partial charge >= 0.3 is 0 Å². The van der Waals surface area contributed by atoms with Gasteiger partial charge in [-0.25, -0.2) is 4.98 Å². The van der Waals surface area contributed by atoms with Crippen LogP contribution in [0.25, 0.3) is 10.9 Å². The zero-order chi connectivity index (χ0) is 12.6. The van der Waals surface area contributed by atoms with E-state index < -0.39 is 4.92 Å². The maximum atomic E-state index is 10.9. The molecular formula is C9H10N6O2. The van der Waals surface area contributed by atoms with Gasteiger partial charge in [0, 0.05) is 13.1 Å². The third kappa shape index (κ3) is 1.65. The van der Waals surface area contributed by atoms with Crippen molar-refractivity contribution in [3.05, 3.63) is 22.2 Å². The average Bonchev–Trinajstić information content (AvgIpc) is 2.26. The van der Waals surface area contributed by atoms with E-state index in [0.29, 0.717) is 10.9 Å². The number of hydrogen-bond donors (Lipinski definition) is 3. The quantitative estimate of drug-likeness (QED) is 0.515. The molecule has 0 aliphatic rings. The molecule has 8 nitrogen and oxygen atoms in total. The number of anilines is 3. The number of fused-ring (bicyclic) bond motifs is 1. The molecule has 0 saturated carbocycles. The summed E-state index contributed by atoms with van der Waals surface area (Å²) >= 11 is 0. The molecule has 1 heterocycles. The molecule has 0 radical (unpaired) electrons. The van der Waals surface area contributed by atoms with E-state index in [1.807, 2.05) is 0 Å². The molecule has 0 aliphatic carbocycles. The Morgan fingerprint density at radius 3 is 2.65 bits per heavy atom. The van der Waals surface area contributed by atoms with Crippen molar-refractivity contribution in [2.45, 2.75) is 0 Å². The molecule has 0 unspecified atom stereocenters. The Balaban J connectivity index is 2.90. The number of nitrogen functional groups attached to an aromatic ring is 2. The Morgan fingerprint density at radius 2 is 2.06 bits per heavy atom. The van der Waals surface area contributed by atoms with Gasteiger partial charge in [0.1, 0.15) is 11.5 Å². The van der Waals surface area contributed by atoms with Gasteiger partial charge in [-0.15, -0.1) is 0 Å². The molecule has 1 aromatic carbocycles. The summed E-state index contributed by atoms with van der Waals surface area (Å²) in [7, 11) is 1.57. The SMILES string of the molecule is CNc1c([N+](=O)[O-])ccc2nc(N)nc(N)c12. The number of aromatic nitrogens is 2. The fourth-order valence-electron chi connectivity index (χ4n) is 1.67. The number of hydrogen-bond acceptors (Lipinski definition) is 7. The molecule has 8 heteroatoms. The molecule has 0 bridgehead atoms. The molecule has 2 rings (SSSR count). The summed E-state index contributed by atoms with van der Waals surface area (Å²) in [5.41, 5.74) is 11.8. The summed E-state index contributed by atoms with van der Waals surface area (Å²) in [5, 5.41) is 14.0. The lowest BCUT2D eigenvalue weighted by molar-refractivity contribution is -0.383. The summed E-state index contributed by atoms with van der Waals surface area (Å²) < 4.78 is 0. The van der Waals surface area contributed by atoms with Crippen molar-refractivity contribution in [3.63, 3.8) is 0 Å². The highest BCUT2D eigenvalue weighted by Gasteiger charge is 2.19. The van der Waals surface area contributed by atoms with E-state index in [4.69, 9.17) is 11.5 Å². The van der Waals surface area contributed by atoms with Crippen molar-refractivity contribution in [2.75, 3.05) is 23.8 Å². The molecular weight excluding hydrogens is 224 g/mol. The zero-order valence-electron chi connectivity index (χ0n) is 8.97. The monoisotopic (exact) mass is 234 g/mol. The number of nitrogens with two attached hydrogens (primary N) is 2. The Morgan fingerprint density at radius 1 is 1.35 bits per heavy atom. The highest BCUT2D eigenvalue weighted by molar-refractivity contribution is 6.03. The lowest BCUT2D eigenvalue weighted by Gasteiger charge is -2.08. The van der Waals surface area contributed by atoms with E-state index in [1.54, 1.807) is 7.05 Å². The second-order valence-corrected chi connectivity index (χ2v) is 3.33. The maximum absolute atomic E-state index is 10.9. The Bertz CT molecular complexity index is 612. The molecule has 0 spiro atoms. The maximum Gasteiger partial charge on any atom is 0.293 e. The van der Waals surface area contributed by atoms with E-state index in [-0.39, 0.29) is 23.1 Å². The number of nitro groups is 1. The summed E-state index contributed by atoms with van der Waals surface area (Å²) in [6, 6.07) is 2.84. The minimum atomic E-state index is -0.499. The van der Waals surface area contributed by atoms with Crippen molar-refractivity contribution < 1.29 is 4.92 Å². The van der Waals surface area contributed by atoms with Crippen molar-refractivity contribution in [1.29, 1.82) is 0 Å². The van der Waals surface area contributed by atoms with E-state index in [1.165, 1.54) is 12.1 Å². The van der Waals surface area contributed by atoms with E-state index >= 15 is 0 Å². The number of nitrogens with zero attached hydrogens (tertiary/aromatic N) is 3. The molecule has 0 amide bonds. The normalized spacial score (nSPS) is 10.4. The second-order valence-electron chi connectivity index (χ2n) is 3.33. The summed E-state index contributed by atoms with van der Waals surface area (Å²) in [6.45, 7) is 0. The highest BCUT2D eigenvalue weighted by atomic mass is 16.6. The van der Waals surface area contributed by atoms with Gasteiger partial charge in [0.2, 0.25) is 5.95 Å². The van der Waals surface area contributed by atoms with Crippen LogP contribution < -0.4 is 16.8 Å². The third-order valence-corrected chi connectivity index (χ3v) is 2.33. The molecule has 88 valence electrons. The lowest BCUT2D eigenvalue weighted by atomic mass is 10.1. The van der Waals surface area contributed by atoms with Crippen molar-refractivity contribution in [1.82, 2.24) is 9.97 Å². The van der Waals surface area contributed by atoms with Crippen LogP contribution in [0.2, 0.25) is 0 Å². The predicted octanol–water partition coefficient (Wildman–Crippen LogP) is 0.744. The average molecular weight is 234 g/mol. The largest absolute Gasteiger partial charge is 0.383 e. The van der Waals surface area contributed by atoms with Crippen molar-refractivity contribution in [2.24, 2.45) is 0 Å². The van der Waals surface area contributed by atoms with Crippen LogP contribution in [0.5, 0.6) is 0 Å². The first kappa shape index (κ1) is 10.9. The van der Waals surface area contributed by atoms with Gasteiger partial charge in [-0.05, 0) is 6.07 Å². The fourth-order valence-corrected chi connectivity index (χ4v) is 1.67. The standard InChI is InChI=1S/C9H10N6O2/c1-12-7-5(15(16)17)3-2-4-6(7)8(10)14-9(11)13-4/h2-3,12H,1H3,(H4,10,11,13,14). The fraction of sp³-hybridized carbons (Fsp3) is 0.111. The van der Waals surface area contributed by atoms with E-state index in [9.17, 15) is 10.1 Å². The van der Waals surface area contributed by atoms with E-state index in [0.717, 1.165) is 0 Å². The summed E-state index contributed by atoms with van der Waals surface area (Å²) in [5.74, 6) is 0.145. The third-order valence-electron chi connectivity index (χ3n) is 2.33. The molecule has 0 atom stereocenters. The first-order valence-corrected chi connectivity index (χ1v) is 4.72. The Kier molecular flexibility index (Phi) is 2.39. The van der Waals surface area contributed by atoms with Gasteiger partial charge in [0.25, 0.3) is 5.69 Å². The van der Waals surface area contributed by atoms with Gasteiger partial charge in [-0.1, -0.05) is 0 Å². The first-order valence-electron chi connectivity index (χ1n) is 4.72. The first-order chi connectivity index (χ1) is 8.04. The van der Waals surface area contributed by atoms with Crippen LogP contribution in [0.1, 0.15) is 0 Å². The number of nitro benzene ring substituents is 1. The Hall–Kier alpha value is -2.64. The molecule has 1 aromatic heterocycles.